The van der Waals surface area contributed by atoms with Crippen molar-refractivity contribution in [2.45, 2.75) is 34.1 Å². The maximum absolute atomic E-state index is 12.3. The van der Waals surface area contributed by atoms with Crippen molar-refractivity contribution in [3.63, 3.8) is 0 Å². The lowest BCUT2D eigenvalue weighted by atomic mass is 10.1. The molecule has 0 spiro atoms. The minimum Gasteiger partial charge on any atom is -0.483 e. The molecule has 0 radical (unpaired) electrons. The highest BCUT2D eigenvalue weighted by Gasteiger charge is 2.23. The Morgan fingerprint density at radius 3 is 2.47 bits per heavy atom. The SMILES string of the molecule is Cc1cccc(OCC(=O)Nc2ccc(N3CCN(C(=O)CC(C)C)CC3)c(Cl)c2)c1C. The Bertz CT molecular complexity index is 969. The molecule has 1 aliphatic heterocycles. The van der Waals surface area contributed by atoms with Crippen molar-refractivity contribution in [1.29, 1.82) is 0 Å². The van der Waals surface area contributed by atoms with Gasteiger partial charge in [0.1, 0.15) is 5.75 Å². The molecular weight excluding hydrogens is 426 g/mol. The Kier molecular flexibility index (Phi) is 8.02. The maximum atomic E-state index is 12.3. The van der Waals surface area contributed by atoms with Crippen LogP contribution in [0, 0.1) is 19.8 Å². The summed E-state index contributed by atoms with van der Waals surface area (Å²) < 4.78 is 5.67. The molecule has 3 rings (SSSR count). The number of ether oxygens (including phenoxy) is 1. The van der Waals surface area contributed by atoms with Crippen molar-refractivity contribution in [3.05, 3.63) is 52.5 Å². The molecule has 2 amide bonds. The molecule has 1 saturated heterocycles. The van der Waals surface area contributed by atoms with E-state index in [0.29, 0.717) is 41.9 Å². The second-order valence-electron chi connectivity index (χ2n) is 8.67. The smallest absolute Gasteiger partial charge is 0.262 e. The first kappa shape index (κ1) is 23.9. The minimum absolute atomic E-state index is 0.0734. The topological polar surface area (TPSA) is 61.9 Å². The van der Waals surface area contributed by atoms with Gasteiger partial charge in [-0.25, -0.2) is 0 Å². The summed E-state index contributed by atoms with van der Waals surface area (Å²) in [5.41, 5.74) is 3.68. The van der Waals surface area contributed by atoms with Crippen LogP contribution in [0.2, 0.25) is 5.02 Å². The lowest BCUT2D eigenvalue weighted by molar-refractivity contribution is -0.132. The number of carbonyl (C=O) groups is 2. The highest BCUT2D eigenvalue weighted by molar-refractivity contribution is 6.33. The molecule has 6 nitrogen and oxygen atoms in total. The quantitative estimate of drug-likeness (QED) is 0.656. The van der Waals surface area contributed by atoms with E-state index in [9.17, 15) is 9.59 Å². The zero-order chi connectivity index (χ0) is 23.3. The molecule has 2 aromatic carbocycles. The standard InChI is InChI=1S/C25H32ClN3O3/c1-17(2)14-25(31)29-12-10-28(11-13-29)22-9-8-20(15-21(22)26)27-24(30)16-32-23-7-5-6-18(3)19(23)4/h5-9,15,17H,10-14,16H2,1-4H3,(H,27,30). The summed E-state index contributed by atoms with van der Waals surface area (Å²) in [6.45, 7) is 10.9. The van der Waals surface area contributed by atoms with Gasteiger partial charge >= 0.3 is 0 Å². The van der Waals surface area contributed by atoms with Crippen LogP contribution in [0.5, 0.6) is 5.75 Å². The summed E-state index contributed by atoms with van der Waals surface area (Å²) in [5.74, 6) is 1.04. The van der Waals surface area contributed by atoms with Crippen LogP contribution in [0.1, 0.15) is 31.4 Å². The van der Waals surface area contributed by atoms with E-state index < -0.39 is 0 Å². The van der Waals surface area contributed by atoms with Gasteiger partial charge in [0.05, 0.1) is 10.7 Å². The number of hydrogen-bond donors (Lipinski definition) is 1. The first-order valence-electron chi connectivity index (χ1n) is 11.1. The van der Waals surface area contributed by atoms with Gasteiger partial charge in [0.2, 0.25) is 5.91 Å². The van der Waals surface area contributed by atoms with E-state index in [-0.39, 0.29) is 18.4 Å². The maximum Gasteiger partial charge on any atom is 0.262 e. The largest absolute Gasteiger partial charge is 0.483 e. The number of benzene rings is 2. The van der Waals surface area contributed by atoms with Crippen LogP contribution in [0.4, 0.5) is 11.4 Å². The van der Waals surface area contributed by atoms with Gasteiger partial charge in [0, 0.05) is 38.3 Å². The van der Waals surface area contributed by atoms with Crippen molar-refractivity contribution in [2.24, 2.45) is 5.92 Å². The molecule has 7 heteroatoms. The fourth-order valence-corrected chi connectivity index (χ4v) is 4.04. The number of hydrogen-bond acceptors (Lipinski definition) is 4. The van der Waals surface area contributed by atoms with E-state index in [1.807, 2.05) is 49.1 Å². The van der Waals surface area contributed by atoms with Gasteiger partial charge in [0.15, 0.2) is 6.61 Å². The fourth-order valence-electron chi connectivity index (χ4n) is 3.74. The van der Waals surface area contributed by atoms with E-state index in [1.54, 1.807) is 6.07 Å². The first-order valence-corrected chi connectivity index (χ1v) is 11.4. The summed E-state index contributed by atoms with van der Waals surface area (Å²) in [6.07, 6.45) is 0.586. The van der Waals surface area contributed by atoms with Crippen LogP contribution in [0.3, 0.4) is 0 Å². The van der Waals surface area contributed by atoms with Crippen LogP contribution in [0.15, 0.2) is 36.4 Å². The second-order valence-corrected chi connectivity index (χ2v) is 9.07. The van der Waals surface area contributed by atoms with E-state index in [1.165, 1.54) is 0 Å². The van der Waals surface area contributed by atoms with Crippen molar-refractivity contribution >= 4 is 34.8 Å². The number of halogens is 1. The molecule has 1 N–H and O–H groups in total. The molecule has 1 heterocycles. The van der Waals surface area contributed by atoms with E-state index in [2.05, 4.69) is 24.1 Å². The average Bonchev–Trinajstić information content (AvgIpc) is 2.74. The molecule has 1 aliphatic rings. The van der Waals surface area contributed by atoms with Crippen LogP contribution in [-0.2, 0) is 9.59 Å². The number of rotatable bonds is 7. The molecule has 2 aromatic rings. The zero-order valence-corrected chi connectivity index (χ0v) is 20.0. The summed E-state index contributed by atoms with van der Waals surface area (Å²) in [7, 11) is 0. The Balaban J connectivity index is 1.53. The van der Waals surface area contributed by atoms with E-state index in [4.69, 9.17) is 16.3 Å². The molecule has 1 fully saturated rings. The minimum atomic E-state index is -0.244. The molecule has 0 bridgehead atoms. The average molecular weight is 458 g/mol. The number of nitrogens with one attached hydrogen (secondary N) is 1. The molecule has 0 unspecified atom stereocenters. The Hall–Kier alpha value is -2.73. The van der Waals surface area contributed by atoms with Gasteiger partial charge in [-0.1, -0.05) is 37.6 Å². The predicted molar refractivity (Wildman–Crippen MR) is 130 cm³/mol. The van der Waals surface area contributed by atoms with Crippen molar-refractivity contribution < 1.29 is 14.3 Å². The van der Waals surface area contributed by atoms with Crippen LogP contribution >= 0.6 is 11.6 Å². The number of aryl methyl sites for hydroxylation is 1. The highest BCUT2D eigenvalue weighted by Crippen LogP contribution is 2.30. The first-order chi connectivity index (χ1) is 15.2. The Morgan fingerprint density at radius 2 is 1.81 bits per heavy atom. The normalized spacial score (nSPS) is 13.9. The molecular formula is C25H32ClN3O3. The van der Waals surface area contributed by atoms with E-state index in [0.717, 1.165) is 29.9 Å². The van der Waals surface area contributed by atoms with Gasteiger partial charge in [-0.15, -0.1) is 0 Å². The summed E-state index contributed by atoms with van der Waals surface area (Å²) >= 11 is 6.52. The van der Waals surface area contributed by atoms with Crippen molar-refractivity contribution in [1.82, 2.24) is 4.90 Å². The molecule has 0 aliphatic carbocycles. The third-order valence-corrected chi connectivity index (χ3v) is 6.00. The van der Waals surface area contributed by atoms with Crippen LogP contribution in [0.25, 0.3) is 0 Å². The predicted octanol–water partition coefficient (Wildman–Crippen LogP) is 4.67. The second kappa shape index (κ2) is 10.7. The van der Waals surface area contributed by atoms with Gasteiger partial charge < -0.3 is 19.9 Å². The Labute approximate surface area is 195 Å². The lowest BCUT2D eigenvalue weighted by Gasteiger charge is -2.36. The summed E-state index contributed by atoms with van der Waals surface area (Å²) in [6, 6.07) is 11.3. The monoisotopic (exact) mass is 457 g/mol. The van der Waals surface area contributed by atoms with Gasteiger partial charge in [-0.2, -0.15) is 0 Å². The summed E-state index contributed by atoms with van der Waals surface area (Å²) in [4.78, 5) is 28.7. The highest BCUT2D eigenvalue weighted by atomic mass is 35.5. The lowest BCUT2D eigenvalue weighted by Crippen LogP contribution is -2.49. The van der Waals surface area contributed by atoms with E-state index >= 15 is 0 Å². The van der Waals surface area contributed by atoms with Crippen molar-refractivity contribution in [3.8, 4) is 5.75 Å². The van der Waals surface area contributed by atoms with Gasteiger partial charge in [0.25, 0.3) is 5.91 Å². The molecule has 0 aromatic heterocycles. The Morgan fingerprint density at radius 1 is 1.09 bits per heavy atom. The third-order valence-electron chi connectivity index (χ3n) is 5.70. The number of amides is 2. The van der Waals surface area contributed by atoms with Crippen molar-refractivity contribution in [2.75, 3.05) is 43.0 Å². The third kappa shape index (κ3) is 6.16. The molecule has 0 atom stereocenters. The summed E-state index contributed by atoms with van der Waals surface area (Å²) in [5, 5.41) is 3.41. The fraction of sp³-hybridized carbons (Fsp3) is 0.440. The van der Waals surface area contributed by atoms with Gasteiger partial charge in [-0.3, -0.25) is 9.59 Å². The molecule has 0 saturated carbocycles. The van der Waals surface area contributed by atoms with Crippen LogP contribution in [-0.4, -0.2) is 49.5 Å². The van der Waals surface area contributed by atoms with Gasteiger partial charge in [-0.05, 0) is 55.2 Å². The number of anilines is 2. The molecule has 172 valence electrons. The molecule has 32 heavy (non-hydrogen) atoms. The number of piperazine rings is 1. The zero-order valence-electron chi connectivity index (χ0n) is 19.3. The number of carbonyl (C=O) groups excluding carboxylic acids is 2. The van der Waals surface area contributed by atoms with Crippen LogP contribution < -0.4 is 15.0 Å². The number of nitrogens with zero attached hydrogens (tertiary/aromatic N) is 2.